The Bertz CT molecular complexity index is 1090. The molecule has 0 aliphatic carbocycles. The van der Waals surface area contributed by atoms with Crippen molar-refractivity contribution in [3.63, 3.8) is 0 Å². The number of nitrogens with one attached hydrogen (secondary N) is 1. The predicted octanol–water partition coefficient (Wildman–Crippen LogP) is 5.24. The van der Waals surface area contributed by atoms with Crippen LogP contribution in [0, 0.1) is 19.7 Å². The third kappa shape index (κ3) is 3.05. The fourth-order valence-corrected chi connectivity index (χ4v) is 4.42. The number of hydrogen-bond donors (Lipinski definition) is 1. The van der Waals surface area contributed by atoms with Crippen LogP contribution in [0.2, 0.25) is 0 Å². The van der Waals surface area contributed by atoms with Gasteiger partial charge in [-0.2, -0.15) is 0 Å². The van der Waals surface area contributed by atoms with Crippen LogP contribution in [-0.4, -0.2) is 33.4 Å². The van der Waals surface area contributed by atoms with Crippen LogP contribution in [0.4, 0.5) is 4.39 Å². The molecule has 0 saturated heterocycles. The number of aryl methyl sites for hydroxylation is 1. The number of benzene rings is 1. The molecule has 146 valence electrons. The summed E-state index contributed by atoms with van der Waals surface area (Å²) in [6.07, 6.45) is 4.84. The summed E-state index contributed by atoms with van der Waals surface area (Å²) in [5.41, 5.74) is 6.05. The first-order chi connectivity index (χ1) is 13.4. The van der Waals surface area contributed by atoms with E-state index in [-0.39, 0.29) is 11.7 Å². The number of carbonyl (C=O) groups excluding carboxylic acids is 1. The molecule has 1 aliphatic heterocycles. The van der Waals surface area contributed by atoms with Crippen molar-refractivity contribution in [2.75, 3.05) is 13.1 Å². The first kappa shape index (κ1) is 18.5. The van der Waals surface area contributed by atoms with Crippen LogP contribution in [0.5, 0.6) is 0 Å². The zero-order valence-corrected chi connectivity index (χ0v) is 16.8. The lowest BCUT2D eigenvalue weighted by Crippen LogP contribution is -2.35. The fourth-order valence-electron chi connectivity index (χ4n) is 4.42. The molecule has 5 heteroatoms. The minimum Gasteiger partial charge on any atom is -0.360 e. The van der Waals surface area contributed by atoms with E-state index in [1.54, 1.807) is 0 Å². The maximum atomic E-state index is 13.4. The summed E-state index contributed by atoms with van der Waals surface area (Å²) in [4.78, 5) is 18.1. The third-order valence-electron chi connectivity index (χ3n) is 5.72. The topological polar surface area (TPSA) is 41.0 Å². The summed E-state index contributed by atoms with van der Waals surface area (Å²) in [5, 5.41) is 1.02. The number of aromatic nitrogens is 2. The molecule has 1 aromatic carbocycles. The quantitative estimate of drug-likeness (QED) is 0.665. The molecule has 0 radical (unpaired) electrons. The van der Waals surface area contributed by atoms with Crippen molar-refractivity contribution in [1.29, 1.82) is 0 Å². The van der Waals surface area contributed by atoms with Gasteiger partial charge in [0.2, 0.25) is 0 Å². The second-order valence-corrected chi connectivity index (χ2v) is 7.87. The first-order valence-corrected chi connectivity index (χ1v) is 9.80. The number of halogens is 1. The van der Waals surface area contributed by atoms with Crippen molar-refractivity contribution in [3.05, 3.63) is 64.9 Å². The highest BCUT2D eigenvalue weighted by Crippen LogP contribution is 2.30. The summed E-state index contributed by atoms with van der Waals surface area (Å²) in [6, 6.07) is 7.16. The molecule has 4 nitrogen and oxygen atoms in total. The zero-order valence-electron chi connectivity index (χ0n) is 16.8. The van der Waals surface area contributed by atoms with E-state index < -0.39 is 0 Å². The molecular weight excluding hydrogens is 353 g/mol. The number of carbonyl (C=O) groups is 1. The highest BCUT2D eigenvalue weighted by Gasteiger charge is 2.24. The van der Waals surface area contributed by atoms with Gasteiger partial charge in [0.05, 0.1) is 5.56 Å². The van der Waals surface area contributed by atoms with Gasteiger partial charge in [-0.15, -0.1) is 0 Å². The SMILES string of the molecule is Cc1cc(C(=O)N2CC=C(c3c[nH]c4cc(F)ccc34)CC2)c(C)n1C(C)C. The Hall–Kier alpha value is -2.82. The number of hydrogen-bond acceptors (Lipinski definition) is 1. The number of amides is 1. The molecule has 28 heavy (non-hydrogen) atoms. The summed E-state index contributed by atoms with van der Waals surface area (Å²) in [7, 11) is 0. The van der Waals surface area contributed by atoms with Gasteiger partial charge in [-0.3, -0.25) is 4.79 Å². The molecule has 0 bridgehead atoms. The second kappa shape index (κ2) is 6.97. The Balaban J connectivity index is 1.57. The minimum absolute atomic E-state index is 0.0938. The summed E-state index contributed by atoms with van der Waals surface area (Å²) in [5.74, 6) is -0.148. The van der Waals surface area contributed by atoms with Crippen LogP contribution in [-0.2, 0) is 0 Å². The molecule has 0 fully saturated rings. The monoisotopic (exact) mass is 379 g/mol. The molecule has 3 aromatic rings. The number of H-pyrrole nitrogens is 1. The van der Waals surface area contributed by atoms with Crippen molar-refractivity contribution in [1.82, 2.24) is 14.5 Å². The van der Waals surface area contributed by atoms with E-state index in [1.165, 1.54) is 17.7 Å². The molecule has 2 aromatic heterocycles. The van der Waals surface area contributed by atoms with Crippen LogP contribution in [0.3, 0.4) is 0 Å². The van der Waals surface area contributed by atoms with Crippen molar-refractivity contribution < 1.29 is 9.18 Å². The molecule has 4 rings (SSSR count). The number of fused-ring (bicyclic) bond motifs is 1. The van der Waals surface area contributed by atoms with Gasteiger partial charge in [0, 0.05) is 53.2 Å². The molecule has 0 unspecified atom stereocenters. The van der Waals surface area contributed by atoms with Crippen molar-refractivity contribution in [2.24, 2.45) is 0 Å². The van der Waals surface area contributed by atoms with Crippen LogP contribution in [0.15, 0.2) is 36.5 Å². The molecule has 0 spiro atoms. The lowest BCUT2D eigenvalue weighted by molar-refractivity contribution is 0.0772. The van der Waals surface area contributed by atoms with Crippen molar-refractivity contribution in [3.8, 4) is 0 Å². The molecule has 3 heterocycles. The Morgan fingerprint density at radius 2 is 2.00 bits per heavy atom. The highest BCUT2D eigenvalue weighted by atomic mass is 19.1. The van der Waals surface area contributed by atoms with E-state index in [0.29, 0.717) is 19.1 Å². The van der Waals surface area contributed by atoms with Crippen LogP contribution in [0.25, 0.3) is 16.5 Å². The van der Waals surface area contributed by atoms with Crippen LogP contribution >= 0.6 is 0 Å². The van der Waals surface area contributed by atoms with Gasteiger partial charge in [-0.05, 0) is 64.0 Å². The largest absolute Gasteiger partial charge is 0.360 e. The third-order valence-corrected chi connectivity index (χ3v) is 5.72. The number of nitrogens with zero attached hydrogens (tertiary/aromatic N) is 2. The molecule has 1 aliphatic rings. The van der Waals surface area contributed by atoms with Crippen molar-refractivity contribution in [2.45, 2.75) is 40.2 Å². The standard InChI is InChI=1S/C23H26FN3O/c1-14(2)27-15(3)11-20(16(27)4)23(28)26-9-7-17(8-10-26)21-13-25-22-12-18(24)5-6-19(21)22/h5-7,11-14,25H,8-10H2,1-4H3. The first-order valence-electron chi connectivity index (χ1n) is 9.80. The zero-order chi connectivity index (χ0) is 20.0. The van der Waals surface area contributed by atoms with E-state index in [0.717, 1.165) is 39.8 Å². The summed E-state index contributed by atoms with van der Waals surface area (Å²) >= 11 is 0. The van der Waals surface area contributed by atoms with E-state index in [4.69, 9.17) is 0 Å². The summed E-state index contributed by atoms with van der Waals surface area (Å²) in [6.45, 7) is 9.63. The van der Waals surface area contributed by atoms with E-state index in [1.807, 2.05) is 30.2 Å². The highest BCUT2D eigenvalue weighted by molar-refractivity contribution is 5.97. The Kier molecular flexibility index (Phi) is 4.61. The van der Waals surface area contributed by atoms with E-state index >= 15 is 0 Å². The Labute approximate surface area is 164 Å². The Morgan fingerprint density at radius 1 is 1.21 bits per heavy atom. The smallest absolute Gasteiger partial charge is 0.255 e. The van der Waals surface area contributed by atoms with Gasteiger partial charge in [-0.1, -0.05) is 6.08 Å². The van der Waals surface area contributed by atoms with Gasteiger partial charge < -0.3 is 14.5 Å². The second-order valence-electron chi connectivity index (χ2n) is 7.87. The van der Waals surface area contributed by atoms with Gasteiger partial charge in [0.15, 0.2) is 0 Å². The van der Waals surface area contributed by atoms with Gasteiger partial charge >= 0.3 is 0 Å². The maximum Gasteiger partial charge on any atom is 0.255 e. The molecule has 0 saturated carbocycles. The average molecular weight is 379 g/mol. The Morgan fingerprint density at radius 3 is 2.64 bits per heavy atom. The lowest BCUT2D eigenvalue weighted by atomic mass is 9.98. The molecule has 1 N–H and O–H groups in total. The minimum atomic E-state index is -0.241. The average Bonchev–Trinajstić information content (AvgIpc) is 3.21. The van der Waals surface area contributed by atoms with Crippen LogP contribution < -0.4 is 0 Å². The normalized spacial score (nSPS) is 14.8. The van der Waals surface area contributed by atoms with E-state index in [9.17, 15) is 9.18 Å². The van der Waals surface area contributed by atoms with E-state index in [2.05, 4.69) is 36.4 Å². The molecule has 0 atom stereocenters. The van der Waals surface area contributed by atoms with Crippen LogP contribution in [0.1, 0.15) is 53.6 Å². The van der Waals surface area contributed by atoms with Gasteiger partial charge in [0.1, 0.15) is 5.82 Å². The molecular formula is C23H26FN3O. The predicted molar refractivity (Wildman–Crippen MR) is 111 cm³/mol. The van der Waals surface area contributed by atoms with Gasteiger partial charge in [-0.25, -0.2) is 4.39 Å². The van der Waals surface area contributed by atoms with Crippen molar-refractivity contribution >= 4 is 22.4 Å². The van der Waals surface area contributed by atoms with Gasteiger partial charge in [0.25, 0.3) is 5.91 Å². The maximum absolute atomic E-state index is 13.4. The lowest BCUT2D eigenvalue weighted by Gasteiger charge is -2.26. The number of rotatable bonds is 3. The number of aromatic amines is 1. The summed E-state index contributed by atoms with van der Waals surface area (Å²) < 4.78 is 15.6. The molecule has 1 amide bonds. The fraction of sp³-hybridized carbons (Fsp3) is 0.348.